The maximum Gasteiger partial charge on any atom is 0.295 e. The number of ether oxygens (including phenoxy) is 3. The van der Waals surface area contributed by atoms with E-state index in [1.807, 2.05) is 26.0 Å². The molecule has 31 heavy (non-hydrogen) atoms. The number of carbonyl (C=O) groups excluding carboxylic acids is 1. The van der Waals surface area contributed by atoms with Crippen molar-refractivity contribution in [3.63, 3.8) is 0 Å². The maximum absolute atomic E-state index is 13.0. The Morgan fingerprint density at radius 2 is 1.71 bits per heavy atom. The zero-order chi connectivity index (χ0) is 22.4. The predicted octanol–water partition coefficient (Wildman–Crippen LogP) is 3.26. The van der Waals surface area contributed by atoms with E-state index in [1.165, 1.54) is 4.31 Å². The average Bonchev–Trinajstić information content (AvgIpc) is 2.74. The van der Waals surface area contributed by atoms with Gasteiger partial charge in [-0.3, -0.25) is 4.79 Å². The quantitative estimate of drug-likeness (QED) is 0.289. The molecule has 0 saturated carbocycles. The average molecular weight is 513 g/mol. The van der Waals surface area contributed by atoms with Gasteiger partial charge in [-0.1, -0.05) is 15.9 Å². The zero-order valence-electron chi connectivity index (χ0n) is 17.4. The minimum Gasteiger partial charge on any atom is -0.491 e. The van der Waals surface area contributed by atoms with Crippen molar-refractivity contribution in [2.75, 3.05) is 37.9 Å². The van der Waals surface area contributed by atoms with E-state index in [9.17, 15) is 13.2 Å². The van der Waals surface area contributed by atoms with Gasteiger partial charge in [-0.15, -0.1) is 0 Å². The van der Waals surface area contributed by atoms with Crippen LogP contribution in [0.3, 0.4) is 0 Å². The van der Waals surface area contributed by atoms with E-state index < -0.39 is 10.0 Å². The molecule has 1 aliphatic rings. The van der Waals surface area contributed by atoms with Crippen LogP contribution in [0.5, 0.6) is 11.5 Å². The third-order valence-corrected chi connectivity index (χ3v) is 7.03. The van der Waals surface area contributed by atoms with Gasteiger partial charge in [0.05, 0.1) is 11.0 Å². The van der Waals surface area contributed by atoms with Crippen molar-refractivity contribution in [1.82, 2.24) is 4.31 Å². The number of benzene rings is 2. The number of nitrogens with zero attached hydrogens (tertiary/aromatic N) is 2. The summed E-state index contributed by atoms with van der Waals surface area (Å²) in [6.45, 7) is 5.79. The lowest BCUT2D eigenvalue weighted by Crippen LogP contribution is -2.48. The Hall–Kier alpha value is -2.30. The van der Waals surface area contributed by atoms with Crippen LogP contribution in [0.25, 0.3) is 0 Å². The molecule has 0 amide bonds. The molecule has 0 unspecified atom stereocenters. The van der Waals surface area contributed by atoms with Gasteiger partial charge in [0.25, 0.3) is 6.47 Å². The molecule has 0 spiro atoms. The van der Waals surface area contributed by atoms with Crippen molar-refractivity contribution in [3.05, 3.63) is 46.9 Å². The lowest BCUT2D eigenvalue weighted by atomic mass is 10.2. The molecule has 1 saturated heterocycles. The Morgan fingerprint density at radius 3 is 2.32 bits per heavy atom. The van der Waals surface area contributed by atoms with Crippen molar-refractivity contribution < 1.29 is 27.4 Å². The zero-order valence-corrected chi connectivity index (χ0v) is 19.8. The maximum atomic E-state index is 13.0. The smallest absolute Gasteiger partial charge is 0.295 e. The Bertz CT molecular complexity index is 989. The molecule has 2 aromatic rings. The summed E-state index contributed by atoms with van der Waals surface area (Å²) < 4.78 is 43.9. The molecule has 10 heteroatoms. The van der Waals surface area contributed by atoms with Gasteiger partial charge in [-0.05, 0) is 50.2 Å². The van der Waals surface area contributed by atoms with E-state index in [-0.39, 0.29) is 17.8 Å². The lowest BCUT2D eigenvalue weighted by Gasteiger charge is -2.35. The summed E-state index contributed by atoms with van der Waals surface area (Å²) in [6, 6.07) is 12.1. The first-order chi connectivity index (χ1) is 14.8. The summed E-state index contributed by atoms with van der Waals surface area (Å²) in [7, 11) is -3.58. The molecule has 168 valence electrons. The number of halogens is 1. The summed E-state index contributed by atoms with van der Waals surface area (Å²) in [5.74, 6) is 1.19. The van der Waals surface area contributed by atoms with E-state index in [0.717, 1.165) is 10.2 Å². The number of rotatable bonds is 9. The van der Waals surface area contributed by atoms with Crippen molar-refractivity contribution in [3.8, 4) is 11.5 Å². The van der Waals surface area contributed by atoms with Gasteiger partial charge < -0.3 is 19.1 Å². The SMILES string of the molecule is CC(C)Oc1ccc(S(=O)(=O)N2CCN(c3cc(Br)cc(OCOC=O)c3)CC2)cc1. The minimum atomic E-state index is -3.58. The van der Waals surface area contributed by atoms with Crippen molar-refractivity contribution in [2.24, 2.45) is 0 Å². The van der Waals surface area contributed by atoms with E-state index in [4.69, 9.17) is 9.47 Å². The Balaban J connectivity index is 1.65. The van der Waals surface area contributed by atoms with Crippen LogP contribution in [0.15, 0.2) is 51.8 Å². The number of hydrogen-bond donors (Lipinski definition) is 0. The molecule has 2 aromatic carbocycles. The van der Waals surface area contributed by atoms with Crippen LogP contribution >= 0.6 is 15.9 Å². The Labute approximate surface area is 190 Å². The highest BCUT2D eigenvalue weighted by Gasteiger charge is 2.29. The van der Waals surface area contributed by atoms with Crippen molar-refractivity contribution in [1.29, 1.82) is 0 Å². The van der Waals surface area contributed by atoms with Crippen molar-refractivity contribution in [2.45, 2.75) is 24.8 Å². The molecule has 0 aromatic heterocycles. The second kappa shape index (κ2) is 10.3. The summed E-state index contributed by atoms with van der Waals surface area (Å²) in [4.78, 5) is 12.6. The molecule has 1 aliphatic heterocycles. The molecule has 3 rings (SSSR count). The van der Waals surface area contributed by atoms with Gasteiger partial charge in [0, 0.05) is 42.4 Å². The van der Waals surface area contributed by atoms with Crippen LogP contribution in [0.4, 0.5) is 5.69 Å². The highest BCUT2D eigenvalue weighted by Crippen LogP contribution is 2.29. The van der Waals surface area contributed by atoms with Gasteiger partial charge in [-0.2, -0.15) is 4.31 Å². The predicted molar refractivity (Wildman–Crippen MR) is 120 cm³/mol. The van der Waals surface area contributed by atoms with E-state index in [2.05, 4.69) is 25.6 Å². The van der Waals surface area contributed by atoms with Crippen LogP contribution in [-0.4, -0.2) is 58.3 Å². The fourth-order valence-corrected chi connectivity index (χ4v) is 5.12. The molecular weight excluding hydrogens is 488 g/mol. The van der Waals surface area contributed by atoms with Gasteiger partial charge in [0.1, 0.15) is 11.5 Å². The summed E-state index contributed by atoms with van der Waals surface area (Å²) in [5.41, 5.74) is 0.891. The van der Waals surface area contributed by atoms with Gasteiger partial charge >= 0.3 is 0 Å². The largest absolute Gasteiger partial charge is 0.491 e. The first-order valence-corrected chi connectivity index (χ1v) is 12.0. The van der Waals surface area contributed by atoms with Crippen LogP contribution < -0.4 is 14.4 Å². The van der Waals surface area contributed by atoms with Crippen molar-refractivity contribution >= 4 is 38.1 Å². The number of carbonyl (C=O) groups is 1. The number of sulfonamides is 1. The van der Waals surface area contributed by atoms with E-state index in [1.54, 1.807) is 30.3 Å². The van der Waals surface area contributed by atoms with Crippen LogP contribution in [-0.2, 0) is 19.6 Å². The molecule has 0 atom stereocenters. The fourth-order valence-electron chi connectivity index (χ4n) is 3.24. The standard InChI is InChI=1S/C21H25BrN2O6S/c1-16(2)30-19-3-5-21(6-4-19)31(26,27)24-9-7-23(8-10-24)18-11-17(22)12-20(13-18)29-15-28-14-25/h3-6,11-14,16H,7-10,15H2,1-2H3. The fraction of sp³-hybridized carbons (Fsp3) is 0.381. The molecule has 1 heterocycles. The minimum absolute atomic E-state index is 0.0250. The highest BCUT2D eigenvalue weighted by molar-refractivity contribution is 9.10. The summed E-state index contributed by atoms with van der Waals surface area (Å²) >= 11 is 3.45. The van der Waals surface area contributed by atoms with Gasteiger partial charge in [0.15, 0.2) is 0 Å². The second-order valence-corrected chi connectivity index (χ2v) is 10.1. The highest BCUT2D eigenvalue weighted by atomic mass is 79.9. The molecule has 0 aliphatic carbocycles. The third kappa shape index (κ3) is 6.11. The molecule has 0 radical (unpaired) electrons. The first-order valence-electron chi connectivity index (χ1n) is 9.80. The summed E-state index contributed by atoms with van der Waals surface area (Å²) in [6.07, 6.45) is 0.0250. The third-order valence-electron chi connectivity index (χ3n) is 4.65. The monoisotopic (exact) mass is 512 g/mol. The number of anilines is 1. The van der Waals surface area contributed by atoms with Crippen LogP contribution in [0.1, 0.15) is 13.8 Å². The molecular formula is C21H25BrN2O6S. The summed E-state index contributed by atoms with van der Waals surface area (Å²) in [5, 5.41) is 0. The van der Waals surface area contributed by atoms with Crippen LogP contribution in [0, 0.1) is 0 Å². The Morgan fingerprint density at radius 1 is 1.03 bits per heavy atom. The van der Waals surface area contributed by atoms with Gasteiger partial charge in [-0.25, -0.2) is 8.42 Å². The first kappa shape index (κ1) is 23.4. The van der Waals surface area contributed by atoms with Crippen LogP contribution in [0.2, 0.25) is 0 Å². The number of piperazine rings is 1. The second-order valence-electron chi connectivity index (χ2n) is 7.20. The number of hydrogen-bond acceptors (Lipinski definition) is 7. The van der Waals surface area contributed by atoms with E-state index >= 15 is 0 Å². The van der Waals surface area contributed by atoms with E-state index in [0.29, 0.717) is 44.2 Å². The normalized spacial score (nSPS) is 15.0. The van der Waals surface area contributed by atoms with Gasteiger partial charge in [0.2, 0.25) is 16.8 Å². The molecule has 0 bridgehead atoms. The molecule has 0 N–H and O–H groups in total. The molecule has 8 nitrogen and oxygen atoms in total. The Kier molecular flexibility index (Phi) is 7.79. The molecule has 1 fully saturated rings. The topological polar surface area (TPSA) is 85.4 Å². The lowest BCUT2D eigenvalue weighted by molar-refractivity contribution is -0.134.